The predicted octanol–water partition coefficient (Wildman–Crippen LogP) is 3.67. The van der Waals surface area contributed by atoms with Gasteiger partial charge in [0.1, 0.15) is 6.10 Å². The molecule has 1 aliphatic rings. The molecular weight excluding hydrogens is 280 g/mol. The van der Waals surface area contributed by atoms with Crippen LogP contribution in [0.4, 0.5) is 0 Å². The Morgan fingerprint density at radius 1 is 1.53 bits per heavy atom. The highest BCUT2D eigenvalue weighted by atomic mass is 79.9. The Hall–Kier alpha value is -0.350. The van der Waals surface area contributed by atoms with Gasteiger partial charge in [-0.15, -0.1) is 0 Å². The summed E-state index contributed by atoms with van der Waals surface area (Å²) in [5, 5.41) is 15.0. The van der Waals surface area contributed by atoms with Crippen molar-refractivity contribution in [1.82, 2.24) is 9.78 Å². The van der Waals surface area contributed by atoms with Crippen LogP contribution >= 0.6 is 15.9 Å². The van der Waals surface area contributed by atoms with E-state index in [1.807, 2.05) is 4.68 Å². The number of nitrogens with zero attached hydrogens (tertiary/aromatic N) is 2. The van der Waals surface area contributed by atoms with Gasteiger partial charge in [0.05, 0.1) is 16.4 Å². The Morgan fingerprint density at radius 3 is 2.76 bits per heavy atom. The summed E-state index contributed by atoms with van der Waals surface area (Å²) in [5.41, 5.74) is 0.977. The van der Waals surface area contributed by atoms with Gasteiger partial charge in [0, 0.05) is 6.54 Å². The van der Waals surface area contributed by atoms with E-state index in [1.165, 1.54) is 12.8 Å². The number of halogens is 1. The zero-order valence-electron chi connectivity index (χ0n) is 10.6. The van der Waals surface area contributed by atoms with E-state index in [1.54, 1.807) is 6.20 Å². The summed E-state index contributed by atoms with van der Waals surface area (Å²) >= 11 is 3.52. The van der Waals surface area contributed by atoms with Crippen molar-refractivity contribution in [2.45, 2.75) is 58.6 Å². The van der Waals surface area contributed by atoms with Gasteiger partial charge in [-0.3, -0.25) is 4.68 Å². The van der Waals surface area contributed by atoms with Gasteiger partial charge in [-0.1, -0.05) is 26.7 Å². The second-order valence-electron chi connectivity index (χ2n) is 5.36. The maximum Gasteiger partial charge on any atom is 0.102 e. The molecule has 0 spiro atoms. The zero-order valence-corrected chi connectivity index (χ0v) is 12.2. The highest BCUT2D eigenvalue weighted by molar-refractivity contribution is 9.10. The Labute approximate surface area is 111 Å². The van der Waals surface area contributed by atoms with Crippen LogP contribution in [0.3, 0.4) is 0 Å². The molecule has 3 nitrogen and oxygen atoms in total. The van der Waals surface area contributed by atoms with Crippen molar-refractivity contribution in [1.29, 1.82) is 0 Å². The smallest absolute Gasteiger partial charge is 0.102 e. The summed E-state index contributed by atoms with van der Waals surface area (Å²) < 4.78 is 2.88. The quantitative estimate of drug-likeness (QED) is 0.921. The second kappa shape index (κ2) is 5.11. The zero-order chi connectivity index (χ0) is 12.5. The van der Waals surface area contributed by atoms with Crippen LogP contribution in [0, 0.1) is 5.41 Å². The van der Waals surface area contributed by atoms with E-state index in [0.29, 0.717) is 0 Å². The van der Waals surface area contributed by atoms with Gasteiger partial charge in [0.25, 0.3) is 0 Å². The minimum Gasteiger partial charge on any atom is -0.386 e. The van der Waals surface area contributed by atoms with Crippen LogP contribution in [-0.2, 0) is 6.54 Å². The van der Waals surface area contributed by atoms with Gasteiger partial charge in [-0.05, 0) is 40.6 Å². The molecule has 96 valence electrons. The number of aryl methyl sites for hydroxylation is 1. The molecule has 0 radical (unpaired) electrons. The van der Waals surface area contributed by atoms with Crippen molar-refractivity contribution in [2.24, 2.45) is 5.41 Å². The molecule has 1 aliphatic carbocycles. The van der Waals surface area contributed by atoms with E-state index < -0.39 is 6.10 Å². The molecule has 1 N–H and O–H groups in total. The SMILES string of the molecule is CCCn1ncc(Br)c1C(O)C1(C)CCCC1. The third kappa shape index (κ3) is 2.43. The van der Waals surface area contributed by atoms with Crippen LogP contribution in [0.2, 0.25) is 0 Å². The van der Waals surface area contributed by atoms with Gasteiger partial charge in [0.2, 0.25) is 0 Å². The van der Waals surface area contributed by atoms with Crippen molar-refractivity contribution in [3.05, 3.63) is 16.4 Å². The molecule has 0 aromatic carbocycles. The van der Waals surface area contributed by atoms with Gasteiger partial charge in [-0.25, -0.2) is 0 Å². The van der Waals surface area contributed by atoms with E-state index in [0.717, 1.165) is 36.0 Å². The summed E-state index contributed by atoms with van der Waals surface area (Å²) in [6.45, 7) is 5.19. The highest BCUT2D eigenvalue weighted by Crippen LogP contribution is 2.48. The van der Waals surface area contributed by atoms with Crippen LogP contribution in [0.5, 0.6) is 0 Å². The van der Waals surface area contributed by atoms with Gasteiger partial charge < -0.3 is 5.11 Å². The lowest BCUT2D eigenvalue weighted by Gasteiger charge is -2.30. The lowest BCUT2D eigenvalue weighted by atomic mass is 9.81. The normalized spacial score (nSPS) is 20.7. The average molecular weight is 301 g/mol. The lowest BCUT2D eigenvalue weighted by Crippen LogP contribution is -2.25. The fourth-order valence-electron chi connectivity index (χ4n) is 2.82. The standard InChI is InChI=1S/C13H21BrN2O/c1-3-8-16-11(10(14)9-15-16)12(17)13(2)6-4-5-7-13/h9,12,17H,3-8H2,1-2H3. The molecule has 1 fully saturated rings. The summed E-state index contributed by atoms with van der Waals surface area (Å²) in [6, 6.07) is 0. The van der Waals surface area contributed by atoms with Gasteiger partial charge in [0.15, 0.2) is 0 Å². The maximum atomic E-state index is 10.7. The molecule has 0 saturated heterocycles. The molecule has 1 heterocycles. The predicted molar refractivity (Wildman–Crippen MR) is 71.8 cm³/mol. The highest BCUT2D eigenvalue weighted by Gasteiger charge is 2.39. The first-order valence-electron chi connectivity index (χ1n) is 6.48. The largest absolute Gasteiger partial charge is 0.386 e. The van der Waals surface area contributed by atoms with Crippen LogP contribution in [0.15, 0.2) is 10.7 Å². The van der Waals surface area contributed by atoms with Gasteiger partial charge >= 0.3 is 0 Å². The van der Waals surface area contributed by atoms with Crippen LogP contribution in [-0.4, -0.2) is 14.9 Å². The minimum absolute atomic E-state index is 0.0219. The average Bonchev–Trinajstić information content (AvgIpc) is 2.87. The van der Waals surface area contributed by atoms with Crippen molar-refractivity contribution in [3.8, 4) is 0 Å². The number of aromatic nitrogens is 2. The van der Waals surface area contributed by atoms with Crippen molar-refractivity contribution in [3.63, 3.8) is 0 Å². The molecule has 1 aromatic rings. The van der Waals surface area contributed by atoms with Crippen LogP contribution in [0.25, 0.3) is 0 Å². The molecule has 1 saturated carbocycles. The van der Waals surface area contributed by atoms with E-state index in [9.17, 15) is 5.11 Å². The molecule has 0 aliphatic heterocycles. The monoisotopic (exact) mass is 300 g/mol. The molecular formula is C13H21BrN2O. The van der Waals surface area contributed by atoms with Gasteiger partial charge in [-0.2, -0.15) is 5.10 Å². The summed E-state index contributed by atoms with van der Waals surface area (Å²) in [5.74, 6) is 0. The Balaban J connectivity index is 2.29. The topological polar surface area (TPSA) is 38.0 Å². The molecule has 1 atom stereocenters. The number of hydrogen-bond donors (Lipinski definition) is 1. The number of rotatable bonds is 4. The minimum atomic E-state index is -0.409. The fourth-order valence-corrected chi connectivity index (χ4v) is 3.33. The van der Waals surface area contributed by atoms with E-state index in [-0.39, 0.29) is 5.41 Å². The van der Waals surface area contributed by atoms with E-state index in [4.69, 9.17) is 0 Å². The second-order valence-corrected chi connectivity index (χ2v) is 6.22. The molecule has 2 rings (SSSR count). The molecule has 1 aromatic heterocycles. The van der Waals surface area contributed by atoms with Crippen LogP contribution in [0.1, 0.15) is 57.7 Å². The first-order valence-corrected chi connectivity index (χ1v) is 7.27. The number of aliphatic hydroxyl groups excluding tert-OH is 1. The van der Waals surface area contributed by atoms with E-state index in [2.05, 4.69) is 34.9 Å². The Bertz CT molecular complexity index is 383. The van der Waals surface area contributed by atoms with Crippen LogP contribution < -0.4 is 0 Å². The lowest BCUT2D eigenvalue weighted by molar-refractivity contribution is 0.0328. The molecule has 1 unspecified atom stereocenters. The number of hydrogen-bond acceptors (Lipinski definition) is 2. The first kappa shape index (κ1) is 13.1. The third-order valence-electron chi connectivity index (χ3n) is 3.93. The summed E-state index contributed by atoms with van der Waals surface area (Å²) in [7, 11) is 0. The molecule has 4 heteroatoms. The Morgan fingerprint density at radius 2 is 2.18 bits per heavy atom. The van der Waals surface area contributed by atoms with E-state index >= 15 is 0 Å². The Kier molecular flexibility index (Phi) is 3.93. The summed E-state index contributed by atoms with van der Waals surface area (Å²) in [4.78, 5) is 0. The first-order chi connectivity index (χ1) is 8.08. The summed E-state index contributed by atoms with van der Waals surface area (Å²) in [6.07, 6.45) is 7.10. The maximum absolute atomic E-state index is 10.7. The molecule has 0 bridgehead atoms. The van der Waals surface area contributed by atoms with Crippen molar-refractivity contribution >= 4 is 15.9 Å². The molecule has 17 heavy (non-hydrogen) atoms. The third-order valence-corrected chi connectivity index (χ3v) is 4.54. The number of aliphatic hydroxyl groups is 1. The van der Waals surface area contributed by atoms with Crippen molar-refractivity contribution in [2.75, 3.05) is 0 Å². The van der Waals surface area contributed by atoms with Crippen molar-refractivity contribution < 1.29 is 5.11 Å². The fraction of sp³-hybridized carbons (Fsp3) is 0.769. The molecule has 0 amide bonds.